The summed E-state index contributed by atoms with van der Waals surface area (Å²) in [6.07, 6.45) is 1.05. The highest BCUT2D eigenvalue weighted by Gasteiger charge is 2.20. The van der Waals surface area contributed by atoms with Gasteiger partial charge in [-0.3, -0.25) is 4.90 Å². The number of aromatic nitrogens is 2. The topological polar surface area (TPSA) is 32.3 Å². The van der Waals surface area contributed by atoms with Crippen LogP contribution in [0.25, 0.3) is 11.4 Å². The summed E-state index contributed by atoms with van der Waals surface area (Å²) >= 11 is 13.4. The summed E-state index contributed by atoms with van der Waals surface area (Å²) in [6.45, 7) is 5.13. The van der Waals surface area contributed by atoms with Crippen LogP contribution in [0.1, 0.15) is 5.56 Å². The molecule has 0 bridgehead atoms. The Morgan fingerprint density at radius 2 is 1.48 bits per heavy atom. The Morgan fingerprint density at radius 3 is 2.15 bits per heavy atom. The molecular formula is C20H20Cl2N4S. The Kier molecular flexibility index (Phi) is 5.93. The van der Waals surface area contributed by atoms with Crippen molar-refractivity contribution >= 4 is 39.9 Å². The number of rotatable bonds is 5. The van der Waals surface area contributed by atoms with E-state index in [0.29, 0.717) is 0 Å². The van der Waals surface area contributed by atoms with Crippen LogP contribution in [-0.4, -0.2) is 47.0 Å². The van der Waals surface area contributed by atoms with Gasteiger partial charge >= 0.3 is 0 Å². The van der Waals surface area contributed by atoms with Crippen LogP contribution in [0, 0.1) is 0 Å². The van der Waals surface area contributed by atoms with E-state index in [9.17, 15) is 0 Å². The van der Waals surface area contributed by atoms with E-state index < -0.39 is 0 Å². The van der Waals surface area contributed by atoms with Gasteiger partial charge in [0.1, 0.15) is 0 Å². The van der Waals surface area contributed by atoms with Crippen molar-refractivity contribution < 1.29 is 0 Å². The SMILES string of the molecule is Clc1ccc(CCN2CCN(c3nc(-c4ccc(Cl)cc4)ns3)CC2)cc1. The molecule has 1 aliphatic heterocycles. The summed E-state index contributed by atoms with van der Waals surface area (Å²) < 4.78 is 4.51. The molecule has 0 atom stereocenters. The van der Waals surface area contributed by atoms with E-state index in [-0.39, 0.29) is 0 Å². The zero-order valence-electron chi connectivity index (χ0n) is 14.8. The number of hydrogen-bond acceptors (Lipinski definition) is 5. The minimum atomic E-state index is 0.726. The van der Waals surface area contributed by atoms with Gasteiger partial charge in [-0.05, 0) is 48.4 Å². The molecule has 4 nitrogen and oxygen atoms in total. The molecule has 2 aromatic carbocycles. The highest BCUT2D eigenvalue weighted by molar-refractivity contribution is 7.09. The largest absolute Gasteiger partial charge is 0.344 e. The minimum absolute atomic E-state index is 0.726. The highest BCUT2D eigenvalue weighted by atomic mass is 35.5. The van der Waals surface area contributed by atoms with Gasteiger partial charge in [0.25, 0.3) is 0 Å². The molecular weight excluding hydrogens is 399 g/mol. The van der Waals surface area contributed by atoms with Crippen LogP contribution in [0.5, 0.6) is 0 Å². The van der Waals surface area contributed by atoms with Crippen molar-refractivity contribution in [2.75, 3.05) is 37.6 Å². The smallest absolute Gasteiger partial charge is 0.205 e. The van der Waals surface area contributed by atoms with Crippen molar-refractivity contribution in [3.63, 3.8) is 0 Å². The van der Waals surface area contributed by atoms with Crippen LogP contribution >= 0.6 is 34.7 Å². The first-order chi connectivity index (χ1) is 13.2. The van der Waals surface area contributed by atoms with Crippen LogP contribution < -0.4 is 4.90 Å². The predicted octanol–water partition coefficient (Wildman–Crippen LogP) is 4.88. The molecule has 0 spiro atoms. The van der Waals surface area contributed by atoms with Crippen LogP contribution in [0.15, 0.2) is 48.5 Å². The molecule has 2 heterocycles. The van der Waals surface area contributed by atoms with Gasteiger partial charge in [-0.15, -0.1) is 0 Å². The molecule has 0 aliphatic carbocycles. The molecule has 140 valence electrons. The Labute approximate surface area is 173 Å². The lowest BCUT2D eigenvalue weighted by Crippen LogP contribution is -2.47. The van der Waals surface area contributed by atoms with Gasteiger partial charge in [0.05, 0.1) is 0 Å². The number of halogens is 2. The van der Waals surface area contributed by atoms with E-state index in [4.69, 9.17) is 28.2 Å². The van der Waals surface area contributed by atoms with Crippen LogP contribution in [0.2, 0.25) is 10.0 Å². The Balaban J connectivity index is 1.30. The molecule has 4 rings (SSSR count). The molecule has 1 fully saturated rings. The van der Waals surface area contributed by atoms with Gasteiger partial charge in [0.15, 0.2) is 5.82 Å². The second-order valence-corrected chi connectivity index (χ2v) is 8.22. The lowest BCUT2D eigenvalue weighted by molar-refractivity contribution is 0.261. The third-order valence-electron chi connectivity index (χ3n) is 4.79. The average Bonchev–Trinajstić information content (AvgIpc) is 3.19. The fraction of sp³-hybridized carbons (Fsp3) is 0.300. The van der Waals surface area contributed by atoms with E-state index in [2.05, 4.69) is 26.3 Å². The molecule has 0 unspecified atom stereocenters. The normalized spacial score (nSPS) is 15.3. The van der Waals surface area contributed by atoms with Gasteiger partial charge in [-0.1, -0.05) is 35.3 Å². The minimum Gasteiger partial charge on any atom is -0.344 e. The van der Waals surface area contributed by atoms with Gasteiger partial charge in [-0.2, -0.15) is 9.36 Å². The zero-order valence-corrected chi connectivity index (χ0v) is 17.1. The van der Waals surface area contributed by atoms with E-state index in [1.807, 2.05) is 36.4 Å². The number of benzene rings is 2. The molecule has 1 saturated heterocycles. The maximum absolute atomic E-state index is 5.95. The monoisotopic (exact) mass is 418 g/mol. The second-order valence-electron chi connectivity index (χ2n) is 6.61. The van der Waals surface area contributed by atoms with Gasteiger partial charge in [0, 0.05) is 59.9 Å². The zero-order chi connectivity index (χ0) is 18.6. The summed E-state index contributed by atoms with van der Waals surface area (Å²) in [7, 11) is 0. The van der Waals surface area contributed by atoms with Crippen molar-refractivity contribution in [3.8, 4) is 11.4 Å². The maximum Gasteiger partial charge on any atom is 0.205 e. The quantitative estimate of drug-likeness (QED) is 0.590. The molecule has 7 heteroatoms. The molecule has 0 N–H and O–H groups in total. The van der Waals surface area contributed by atoms with Crippen molar-refractivity contribution in [3.05, 3.63) is 64.1 Å². The first kappa shape index (κ1) is 18.7. The first-order valence-corrected chi connectivity index (χ1v) is 10.5. The number of anilines is 1. The van der Waals surface area contributed by atoms with Crippen molar-refractivity contribution in [2.24, 2.45) is 0 Å². The summed E-state index contributed by atoms with van der Waals surface area (Å²) in [5, 5.41) is 2.52. The van der Waals surface area contributed by atoms with Crippen molar-refractivity contribution in [2.45, 2.75) is 6.42 Å². The van der Waals surface area contributed by atoms with Gasteiger partial charge in [0.2, 0.25) is 5.13 Å². The van der Waals surface area contributed by atoms with Gasteiger partial charge < -0.3 is 4.90 Å². The van der Waals surface area contributed by atoms with Gasteiger partial charge in [-0.25, -0.2) is 0 Å². The Hall–Kier alpha value is -1.66. The molecule has 0 saturated carbocycles. The number of hydrogen-bond donors (Lipinski definition) is 0. The first-order valence-electron chi connectivity index (χ1n) is 8.99. The summed E-state index contributed by atoms with van der Waals surface area (Å²) in [5.74, 6) is 0.775. The number of nitrogens with zero attached hydrogens (tertiary/aromatic N) is 4. The summed E-state index contributed by atoms with van der Waals surface area (Å²) in [4.78, 5) is 9.56. The lowest BCUT2D eigenvalue weighted by atomic mass is 10.1. The summed E-state index contributed by atoms with van der Waals surface area (Å²) in [5.41, 5.74) is 2.34. The van der Waals surface area contributed by atoms with Crippen LogP contribution in [-0.2, 0) is 6.42 Å². The van der Waals surface area contributed by atoms with Crippen LogP contribution in [0.3, 0.4) is 0 Å². The Bertz CT molecular complexity index is 872. The third kappa shape index (κ3) is 4.79. The predicted molar refractivity (Wildman–Crippen MR) is 114 cm³/mol. The molecule has 1 aromatic heterocycles. The molecule has 3 aromatic rings. The average molecular weight is 419 g/mol. The molecule has 0 radical (unpaired) electrons. The van der Waals surface area contributed by atoms with E-state index in [0.717, 1.165) is 65.7 Å². The lowest BCUT2D eigenvalue weighted by Gasteiger charge is -2.34. The molecule has 0 amide bonds. The van der Waals surface area contributed by atoms with Crippen LogP contribution in [0.4, 0.5) is 5.13 Å². The third-order valence-corrected chi connectivity index (χ3v) is 6.07. The Morgan fingerprint density at radius 1 is 0.852 bits per heavy atom. The highest BCUT2D eigenvalue weighted by Crippen LogP contribution is 2.25. The fourth-order valence-electron chi connectivity index (χ4n) is 3.16. The molecule has 1 aliphatic rings. The second kappa shape index (κ2) is 8.57. The fourth-order valence-corrected chi connectivity index (χ4v) is 4.15. The van der Waals surface area contributed by atoms with E-state index in [1.54, 1.807) is 0 Å². The van der Waals surface area contributed by atoms with Crippen molar-refractivity contribution in [1.29, 1.82) is 0 Å². The van der Waals surface area contributed by atoms with E-state index >= 15 is 0 Å². The number of piperazine rings is 1. The molecule has 27 heavy (non-hydrogen) atoms. The maximum atomic E-state index is 5.95. The standard InChI is InChI=1S/C20H20Cl2N4S/c21-17-5-1-15(2-6-17)9-10-25-11-13-26(14-12-25)20-23-19(24-27-20)16-3-7-18(22)8-4-16/h1-8H,9-14H2. The van der Waals surface area contributed by atoms with E-state index in [1.165, 1.54) is 17.1 Å². The summed E-state index contributed by atoms with van der Waals surface area (Å²) in [6, 6.07) is 15.8. The van der Waals surface area contributed by atoms with Crippen molar-refractivity contribution in [1.82, 2.24) is 14.3 Å².